The van der Waals surface area contributed by atoms with Crippen molar-refractivity contribution in [2.24, 2.45) is 5.92 Å². The highest BCUT2D eigenvalue weighted by Gasteiger charge is 2.51. The van der Waals surface area contributed by atoms with Crippen LogP contribution in [0, 0.1) is 5.92 Å². The molecule has 2 atom stereocenters. The summed E-state index contributed by atoms with van der Waals surface area (Å²) >= 11 is 0. The van der Waals surface area contributed by atoms with Gasteiger partial charge < -0.3 is 10.2 Å². The molecule has 3 fully saturated rings. The van der Waals surface area contributed by atoms with E-state index < -0.39 is 0 Å². The molecule has 2 amide bonds. The molecule has 1 saturated heterocycles. The van der Waals surface area contributed by atoms with Crippen LogP contribution in [0.25, 0.3) is 0 Å². The normalized spacial score (nSPS) is 35.8. The summed E-state index contributed by atoms with van der Waals surface area (Å²) in [5, 5.41) is 2.92. The van der Waals surface area contributed by atoms with E-state index in [1.165, 1.54) is 12.8 Å². The van der Waals surface area contributed by atoms with Crippen LogP contribution in [0.2, 0.25) is 0 Å². The summed E-state index contributed by atoms with van der Waals surface area (Å²) in [6.07, 6.45) is 6.57. The third-order valence-electron chi connectivity index (χ3n) is 4.92. The van der Waals surface area contributed by atoms with Crippen molar-refractivity contribution in [1.82, 2.24) is 10.2 Å². The molecule has 3 aliphatic rings. The van der Waals surface area contributed by atoms with Crippen molar-refractivity contribution in [3.8, 4) is 0 Å². The molecule has 1 aliphatic heterocycles. The maximum absolute atomic E-state index is 12.7. The number of hydrogen-bond donors (Lipinski definition) is 1. The van der Waals surface area contributed by atoms with E-state index in [0.29, 0.717) is 5.92 Å². The second kappa shape index (κ2) is 3.97. The fourth-order valence-corrected chi connectivity index (χ4v) is 3.65. The van der Waals surface area contributed by atoms with Crippen molar-refractivity contribution in [2.75, 3.05) is 0 Å². The minimum atomic E-state index is -0.310. The van der Waals surface area contributed by atoms with Gasteiger partial charge in [-0.05, 0) is 45.4 Å². The van der Waals surface area contributed by atoms with Crippen LogP contribution in [0.5, 0.6) is 0 Å². The third kappa shape index (κ3) is 1.73. The Hall–Kier alpha value is -1.06. The molecule has 18 heavy (non-hydrogen) atoms. The summed E-state index contributed by atoms with van der Waals surface area (Å²) in [6.45, 7) is 4.01. The summed E-state index contributed by atoms with van der Waals surface area (Å²) in [5.74, 6) is 0.579. The van der Waals surface area contributed by atoms with E-state index in [-0.39, 0.29) is 29.4 Å². The quantitative estimate of drug-likeness (QED) is 0.806. The fraction of sp³-hybridized carbons (Fsp3) is 0.857. The molecule has 1 N–H and O–H groups in total. The van der Waals surface area contributed by atoms with Gasteiger partial charge in [0.15, 0.2) is 0 Å². The first kappa shape index (κ1) is 12.0. The van der Waals surface area contributed by atoms with Crippen LogP contribution < -0.4 is 5.32 Å². The number of nitrogens with one attached hydrogen (secondary N) is 1. The third-order valence-corrected chi connectivity index (χ3v) is 4.92. The Balaban J connectivity index is 1.89. The van der Waals surface area contributed by atoms with Gasteiger partial charge in [-0.3, -0.25) is 9.59 Å². The van der Waals surface area contributed by atoms with Crippen molar-refractivity contribution < 1.29 is 9.59 Å². The topological polar surface area (TPSA) is 49.4 Å². The van der Waals surface area contributed by atoms with Crippen LogP contribution in [0.3, 0.4) is 0 Å². The predicted molar refractivity (Wildman–Crippen MR) is 67.8 cm³/mol. The van der Waals surface area contributed by atoms with E-state index in [2.05, 4.69) is 12.2 Å². The number of carbonyl (C=O) groups is 2. The highest BCUT2D eigenvalue weighted by molar-refractivity contribution is 5.97. The summed E-state index contributed by atoms with van der Waals surface area (Å²) in [4.78, 5) is 26.7. The standard InChI is InChI=1S/C14H22N2O2/c1-9-12(17)15-11(10-5-6-10)13(18)16(9)14(2)7-3-4-8-14/h9-11H,3-8H2,1-2H3,(H,15,17). The van der Waals surface area contributed by atoms with E-state index in [0.717, 1.165) is 25.7 Å². The van der Waals surface area contributed by atoms with Gasteiger partial charge in [0.05, 0.1) is 0 Å². The second-order valence-electron chi connectivity index (χ2n) is 6.41. The molecule has 3 rings (SSSR count). The maximum atomic E-state index is 12.7. The number of carbonyl (C=O) groups excluding carboxylic acids is 2. The van der Waals surface area contributed by atoms with Crippen molar-refractivity contribution in [1.29, 1.82) is 0 Å². The lowest BCUT2D eigenvalue weighted by Crippen LogP contribution is -2.68. The molecule has 0 spiro atoms. The Morgan fingerprint density at radius 2 is 1.83 bits per heavy atom. The Bertz CT molecular complexity index is 383. The Morgan fingerprint density at radius 3 is 2.39 bits per heavy atom. The van der Waals surface area contributed by atoms with Gasteiger partial charge in [-0.2, -0.15) is 0 Å². The van der Waals surface area contributed by atoms with E-state index in [1.54, 1.807) is 0 Å². The number of rotatable bonds is 2. The maximum Gasteiger partial charge on any atom is 0.246 e. The fourth-order valence-electron chi connectivity index (χ4n) is 3.65. The smallest absolute Gasteiger partial charge is 0.246 e. The molecule has 100 valence electrons. The summed E-state index contributed by atoms with van der Waals surface area (Å²) in [7, 11) is 0. The van der Waals surface area contributed by atoms with E-state index in [1.807, 2.05) is 11.8 Å². The van der Waals surface area contributed by atoms with Gasteiger partial charge in [0, 0.05) is 5.54 Å². The monoisotopic (exact) mass is 250 g/mol. The SMILES string of the molecule is CC1C(=O)NC(C2CC2)C(=O)N1C1(C)CCCC1. The molecular formula is C14H22N2O2. The van der Waals surface area contributed by atoms with Crippen LogP contribution in [0.1, 0.15) is 52.4 Å². The molecule has 0 aromatic heterocycles. The van der Waals surface area contributed by atoms with Crippen LogP contribution in [-0.4, -0.2) is 34.3 Å². The van der Waals surface area contributed by atoms with E-state index >= 15 is 0 Å². The molecule has 2 aliphatic carbocycles. The molecule has 0 aromatic rings. The minimum absolute atomic E-state index is 0.0274. The molecular weight excluding hydrogens is 228 g/mol. The summed E-state index contributed by atoms with van der Waals surface area (Å²) in [5.41, 5.74) is -0.0958. The van der Waals surface area contributed by atoms with Gasteiger partial charge in [0.2, 0.25) is 11.8 Å². The lowest BCUT2D eigenvalue weighted by atomic mass is 9.91. The molecule has 2 unspecified atom stereocenters. The Labute approximate surface area is 108 Å². The zero-order valence-corrected chi connectivity index (χ0v) is 11.2. The van der Waals surface area contributed by atoms with E-state index in [9.17, 15) is 9.59 Å². The Kier molecular flexibility index (Phi) is 2.65. The first-order chi connectivity index (χ1) is 8.53. The molecule has 0 radical (unpaired) electrons. The number of piperazine rings is 1. The number of hydrogen-bond acceptors (Lipinski definition) is 2. The first-order valence-electron chi connectivity index (χ1n) is 7.16. The van der Waals surface area contributed by atoms with Crippen LogP contribution in [-0.2, 0) is 9.59 Å². The average Bonchev–Trinajstić information content (AvgIpc) is 3.07. The van der Waals surface area contributed by atoms with Gasteiger partial charge in [0.1, 0.15) is 12.1 Å². The zero-order valence-electron chi connectivity index (χ0n) is 11.2. The van der Waals surface area contributed by atoms with Gasteiger partial charge >= 0.3 is 0 Å². The van der Waals surface area contributed by atoms with Crippen LogP contribution in [0.4, 0.5) is 0 Å². The Morgan fingerprint density at radius 1 is 1.22 bits per heavy atom. The lowest BCUT2D eigenvalue weighted by molar-refractivity contribution is -0.156. The van der Waals surface area contributed by atoms with Crippen molar-refractivity contribution >= 4 is 11.8 Å². The highest BCUT2D eigenvalue weighted by atomic mass is 16.2. The lowest BCUT2D eigenvalue weighted by Gasteiger charge is -2.47. The largest absolute Gasteiger partial charge is 0.342 e. The average molecular weight is 250 g/mol. The molecule has 2 saturated carbocycles. The predicted octanol–water partition coefficient (Wildman–Crippen LogP) is 1.44. The van der Waals surface area contributed by atoms with Gasteiger partial charge in [-0.25, -0.2) is 0 Å². The first-order valence-corrected chi connectivity index (χ1v) is 7.16. The van der Waals surface area contributed by atoms with Crippen molar-refractivity contribution in [3.05, 3.63) is 0 Å². The van der Waals surface area contributed by atoms with E-state index in [4.69, 9.17) is 0 Å². The number of nitrogens with zero attached hydrogens (tertiary/aromatic N) is 1. The van der Waals surface area contributed by atoms with Gasteiger partial charge in [0.25, 0.3) is 0 Å². The molecule has 0 aromatic carbocycles. The van der Waals surface area contributed by atoms with Crippen molar-refractivity contribution in [2.45, 2.75) is 70.0 Å². The molecule has 0 bridgehead atoms. The molecule has 4 nitrogen and oxygen atoms in total. The molecule has 4 heteroatoms. The van der Waals surface area contributed by atoms with Gasteiger partial charge in [-0.15, -0.1) is 0 Å². The molecule has 1 heterocycles. The number of amides is 2. The minimum Gasteiger partial charge on any atom is -0.342 e. The van der Waals surface area contributed by atoms with Crippen molar-refractivity contribution in [3.63, 3.8) is 0 Å². The van der Waals surface area contributed by atoms with Gasteiger partial charge in [-0.1, -0.05) is 12.8 Å². The zero-order chi connectivity index (χ0) is 12.9. The van der Waals surface area contributed by atoms with Crippen LogP contribution >= 0.6 is 0 Å². The van der Waals surface area contributed by atoms with Crippen LogP contribution in [0.15, 0.2) is 0 Å². The highest BCUT2D eigenvalue weighted by Crippen LogP contribution is 2.41. The second-order valence-corrected chi connectivity index (χ2v) is 6.41. The summed E-state index contributed by atoms with van der Waals surface area (Å²) < 4.78 is 0. The summed E-state index contributed by atoms with van der Waals surface area (Å²) in [6, 6.07) is -0.554.